The van der Waals surface area contributed by atoms with Crippen molar-refractivity contribution < 1.29 is 56.5 Å². The lowest BCUT2D eigenvalue weighted by atomic mass is 9.99. The van der Waals surface area contributed by atoms with E-state index in [0.29, 0.717) is 0 Å². The van der Waals surface area contributed by atoms with Gasteiger partial charge in [0.2, 0.25) is 0 Å². The molecule has 0 unspecified atom stereocenters. The number of carboxylic acid groups (broad SMARTS) is 1. The average Bonchev–Trinajstić information content (AvgIpc) is 2.73. The summed E-state index contributed by atoms with van der Waals surface area (Å²) in [5.41, 5.74) is 0. The number of Topliss-reactive ketones (excluding diaryl/α,β-unsaturated/α-hetero) is 1. The highest BCUT2D eigenvalue weighted by Gasteiger charge is 2.36. The van der Waals surface area contributed by atoms with Gasteiger partial charge in [0.15, 0.2) is 11.9 Å². The molecule has 0 fully saturated rings. The molecule has 0 amide bonds. The van der Waals surface area contributed by atoms with Crippen LogP contribution in [0, 0.1) is 95.2 Å². The minimum absolute atomic E-state index is 0. The van der Waals surface area contributed by atoms with Crippen molar-refractivity contribution in [3.8, 4) is 95.2 Å². The smallest absolute Gasteiger partial charge is 0.335 e. The lowest BCUT2D eigenvalue weighted by molar-refractivity contribution is -0.165. The van der Waals surface area contributed by atoms with E-state index in [4.69, 9.17) is 16.6 Å². The zero-order valence-electron chi connectivity index (χ0n) is 15.1. The first-order chi connectivity index (χ1) is 14.3. The van der Waals surface area contributed by atoms with Gasteiger partial charge in [0.05, 0.1) is 6.42 Å². The number of hydrogen-bond donors (Lipinski definition) is 5. The van der Waals surface area contributed by atoms with Gasteiger partial charge in [-0.15, -0.1) is 6.42 Å². The summed E-state index contributed by atoms with van der Waals surface area (Å²) in [4.78, 5) is 22.1. The summed E-state index contributed by atoms with van der Waals surface area (Å²) in [5.74, 6) is 32.1. The van der Waals surface area contributed by atoms with Gasteiger partial charge in [-0.1, -0.05) is 5.92 Å². The lowest BCUT2D eigenvalue weighted by Crippen LogP contribution is -2.49. The molecule has 0 aromatic rings. The molecule has 0 aliphatic carbocycles. The van der Waals surface area contributed by atoms with Crippen LogP contribution >= 0.6 is 0 Å². The van der Waals surface area contributed by atoms with Crippen molar-refractivity contribution in [3.05, 3.63) is 0 Å². The molecular formula is C23H42O7. The fraction of sp³-hybridized carbons (Fsp3) is 0.217. The summed E-state index contributed by atoms with van der Waals surface area (Å²) in [6.07, 6.45) is -4.62. The van der Waals surface area contributed by atoms with Crippen LogP contribution in [0.15, 0.2) is 0 Å². The third-order valence-electron chi connectivity index (χ3n) is 2.75. The largest absolute Gasteiger partial charge is 0.479 e. The van der Waals surface area contributed by atoms with Crippen molar-refractivity contribution in [1.82, 2.24) is 0 Å². The van der Waals surface area contributed by atoms with Crippen LogP contribution in [0.4, 0.5) is 0 Å². The fourth-order valence-electron chi connectivity index (χ4n) is 1.37. The van der Waals surface area contributed by atoms with Gasteiger partial charge in [-0.05, 0) is 82.9 Å². The van der Waals surface area contributed by atoms with Crippen molar-refractivity contribution in [3.63, 3.8) is 0 Å². The van der Waals surface area contributed by atoms with Crippen LogP contribution in [0.3, 0.4) is 0 Å². The molecule has 0 aliphatic rings. The maximum atomic E-state index is 11.6. The van der Waals surface area contributed by atoms with Crippen LogP contribution in [0.2, 0.25) is 0 Å². The van der Waals surface area contributed by atoms with Gasteiger partial charge in [-0.3, -0.25) is 4.79 Å². The van der Waals surface area contributed by atoms with Gasteiger partial charge in [-0.2, -0.15) is 0 Å². The Morgan fingerprint density at radius 2 is 1.03 bits per heavy atom. The van der Waals surface area contributed by atoms with Crippen LogP contribution in [0.1, 0.15) is 27.8 Å². The number of aliphatic hydroxyl groups is 4. The summed E-state index contributed by atoms with van der Waals surface area (Å²) >= 11 is 0. The zero-order valence-corrected chi connectivity index (χ0v) is 15.1. The molecule has 5 N–H and O–H groups in total. The molecule has 0 rings (SSSR count). The Morgan fingerprint density at radius 3 is 1.43 bits per heavy atom. The number of carboxylic acids is 1. The van der Waals surface area contributed by atoms with E-state index < -0.39 is 42.6 Å². The fourth-order valence-corrected chi connectivity index (χ4v) is 1.37. The number of terminal acetylenes is 1. The van der Waals surface area contributed by atoms with E-state index >= 15 is 0 Å². The van der Waals surface area contributed by atoms with Crippen molar-refractivity contribution in [2.24, 2.45) is 0 Å². The Bertz CT molecular complexity index is 1180. The van der Waals surface area contributed by atoms with Gasteiger partial charge in [0, 0.05) is 21.4 Å². The average molecular weight is 431 g/mol. The summed E-state index contributed by atoms with van der Waals surface area (Å²) < 4.78 is 0. The van der Waals surface area contributed by atoms with E-state index in [1.165, 1.54) is 0 Å². The van der Waals surface area contributed by atoms with E-state index in [2.05, 4.69) is 88.8 Å². The molecule has 0 spiro atoms. The van der Waals surface area contributed by atoms with Crippen molar-refractivity contribution >= 4 is 11.8 Å². The molecule has 176 valence electrons. The maximum absolute atomic E-state index is 11.6. The molecule has 0 saturated carbocycles. The number of aliphatic carboxylic acids is 1. The molecule has 0 aromatic heterocycles. The van der Waals surface area contributed by atoms with Crippen LogP contribution in [0.5, 0.6) is 0 Å². The lowest BCUT2D eigenvalue weighted by Gasteiger charge is -2.23. The molecule has 0 radical (unpaired) electrons. The Kier molecular flexibility index (Phi) is 13.2. The second-order valence-corrected chi connectivity index (χ2v) is 4.80. The first-order valence-corrected chi connectivity index (χ1v) is 7.74. The van der Waals surface area contributed by atoms with E-state index in [1.54, 1.807) is 0 Å². The van der Waals surface area contributed by atoms with Crippen LogP contribution in [0.25, 0.3) is 0 Å². The molecule has 0 bridgehead atoms. The summed E-state index contributed by atoms with van der Waals surface area (Å²) in [5, 5.41) is 46.1. The number of carbonyl (C=O) groups excluding carboxylic acids is 1. The topological polar surface area (TPSA) is 135 Å². The first-order valence-electron chi connectivity index (χ1n) is 7.74. The predicted molar refractivity (Wildman–Crippen MR) is 136 cm³/mol. The number of aliphatic hydroxyl groups excluding tert-OH is 4. The van der Waals surface area contributed by atoms with E-state index in [-0.39, 0.29) is 21.4 Å². The van der Waals surface area contributed by atoms with Crippen molar-refractivity contribution in [2.75, 3.05) is 0 Å². The van der Waals surface area contributed by atoms with E-state index in [1.807, 2.05) is 0 Å². The first kappa shape index (κ1) is 25.5. The summed E-state index contributed by atoms with van der Waals surface area (Å²) in [6, 6.07) is 0. The van der Waals surface area contributed by atoms with Crippen LogP contribution < -0.4 is 0 Å². The van der Waals surface area contributed by atoms with Crippen LogP contribution in [-0.2, 0) is 9.59 Å². The molecule has 7 nitrogen and oxygen atoms in total. The van der Waals surface area contributed by atoms with Gasteiger partial charge >= 0.3 is 5.97 Å². The Labute approximate surface area is 195 Å². The Balaban J connectivity index is -0.0000000400. The summed E-state index contributed by atoms with van der Waals surface area (Å²) in [6.45, 7) is 0. The molecule has 7 heteroatoms. The molecule has 30 heavy (non-hydrogen) atoms. The minimum Gasteiger partial charge on any atom is -0.479 e. The zero-order chi connectivity index (χ0) is 22.8. The number of hydrogen-bond acceptors (Lipinski definition) is 6. The number of ketones is 1. The monoisotopic (exact) mass is 430 g/mol. The summed E-state index contributed by atoms with van der Waals surface area (Å²) in [7, 11) is 0. The standard InChI is InChI=1S/C23H12O7.15H2/c1-2-3-4-5-6-7-8-9-10-11-12-13-14-15-16-17-18(24)19(25)20(26)21(27)22(28)23(29)30;;;;;;;;;;;;;;;/h1,19-22,25-28H,17H2,(H,29,30);15*1H/t19-,20+,21-,22-;;;;;;;;;;;;;;;/m1.............../s1. The number of rotatable bonds is 6. The highest BCUT2D eigenvalue weighted by molar-refractivity contribution is 5.86. The molecule has 0 saturated heterocycles. The molecule has 0 aromatic carbocycles. The van der Waals surface area contributed by atoms with Gasteiger partial charge in [0.25, 0.3) is 0 Å². The van der Waals surface area contributed by atoms with Gasteiger partial charge < -0.3 is 25.5 Å². The molecular weight excluding hydrogens is 388 g/mol. The SMILES string of the molecule is C#CC#CC#CC#CC#CC#CC#CC#CCC(=O)[C@@H](O)[C@H](O)[C@@H](O)[C@@H](O)C(=O)O.[HH].[HH].[HH].[HH].[HH].[HH].[HH].[HH].[HH].[HH].[HH].[HH].[HH].[HH].[HH]. The second kappa shape index (κ2) is 15.5. The van der Waals surface area contributed by atoms with Gasteiger partial charge in [-0.25, -0.2) is 4.79 Å². The van der Waals surface area contributed by atoms with E-state index in [9.17, 15) is 24.9 Å². The van der Waals surface area contributed by atoms with E-state index in [0.717, 1.165) is 0 Å². The number of carbonyl (C=O) groups is 2. The quantitative estimate of drug-likeness (QED) is 0.394. The molecule has 0 heterocycles. The minimum atomic E-state index is -2.37. The second-order valence-electron chi connectivity index (χ2n) is 4.80. The van der Waals surface area contributed by atoms with Crippen molar-refractivity contribution in [1.29, 1.82) is 0 Å². The normalized spacial score (nSPS) is 11.4. The molecule has 4 atom stereocenters. The molecule has 0 aliphatic heterocycles. The Hall–Kier alpha value is -4.54. The highest BCUT2D eigenvalue weighted by Crippen LogP contribution is 2.07. The van der Waals surface area contributed by atoms with Crippen LogP contribution in [-0.4, -0.2) is 61.7 Å². The third-order valence-corrected chi connectivity index (χ3v) is 2.75. The Morgan fingerprint density at radius 1 is 0.667 bits per heavy atom. The maximum Gasteiger partial charge on any atom is 0.335 e. The van der Waals surface area contributed by atoms with Crippen molar-refractivity contribution in [2.45, 2.75) is 30.8 Å². The predicted octanol–water partition coefficient (Wildman–Crippen LogP) is 0.821. The highest BCUT2D eigenvalue weighted by atomic mass is 16.4. The third kappa shape index (κ3) is 11.2. The van der Waals surface area contributed by atoms with Gasteiger partial charge in [0.1, 0.15) is 18.3 Å².